The minimum atomic E-state index is -0.689. The van der Waals surface area contributed by atoms with E-state index in [1.807, 2.05) is 6.92 Å². The van der Waals surface area contributed by atoms with Crippen molar-refractivity contribution in [2.24, 2.45) is 5.92 Å². The molecule has 8 heteroatoms. The molecule has 0 aliphatic carbocycles. The lowest BCUT2D eigenvalue weighted by Gasteiger charge is -2.14. The standard InChI is InChI=1S/C13H16Cl2N2O4/c1-2-8(3-4-18)7-16-13(19)9-5-10(14)12(15)11(6-9)17(20)21/h5-6,8,18H,2-4,7H2,1H3,(H,16,19). The molecule has 0 saturated heterocycles. The molecule has 116 valence electrons. The molecule has 1 rings (SSSR count). The van der Waals surface area contributed by atoms with Crippen molar-refractivity contribution >= 4 is 34.8 Å². The maximum atomic E-state index is 12.0. The van der Waals surface area contributed by atoms with Crippen LogP contribution in [0.2, 0.25) is 10.0 Å². The third-order valence-electron chi connectivity index (χ3n) is 3.13. The highest BCUT2D eigenvalue weighted by molar-refractivity contribution is 6.43. The smallest absolute Gasteiger partial charge is 0.290 e. The largest absolute Gasteiger partial charge is 0.396 e. The van der Waals surface area contributed by atoms with Crippen LogP contribution in [0.4, 0.5) is 5.69 Å². The fourth-order valence-electron chi connectivity index (χ4n) is 1.81. The fraction of sp³-hybridized carbons (Fsp3) is 0.462. The van der Waals surface area contributed by atoms with Crippen molar-refractivity contribution in [3.63, 3.8) is 0 Å². The van der Waals surface area contributed by atoms with Crippen molar-refractivity contribution in [1.29, 1.82) is 0 Å². The molecule has 1 atom stereocenters. The maximum absolute atomic E-state index is 12.0. The molecule has 0 spiro atoms. The summed E-state index contributed by atoms with van der Waals surface area (Å²) in [7, 11) is 0. The van der Waals surface area contributed by atoms with Crippen LogP contribution in [-0.2, 0) is 0 Å². The van der Waals surface area contributed by atoms with Crippen molar-refractivity contribution < 1.29 is 14.8 Å². The van der Waals surface area contributed by atoms with Gasteiger partial charge in [0.1, 0.15) is 5.02 Å². The van der Waals surface area contributed by atoms with Crippen molar-refractivity contribution in [3.05, 3.63) is 37.9 Å². The Morgan fingerprint density at radius 3 is 2.67 bits per heavy atom. The quantitative estimate of drug-likeness (QED) is 0.592. The van der Waals surface area contributed by atoms with E-state index < -0.39 is 16.5 Å². The molecule has 2 N–H and O–H groups in total. The van der Waals surface area contributed by atoms with Gasteiger partial charge in [-0.25, -0.2) is 0 Å². The number of aliphatic hydroxyl groups excluding tert-OH is 1. The number of rotatable bonds is 7. The minimum Gasteiger partial charge on any atom is -0.396 e. The van der Waals surface area contributed by atoms with Crippen molar-refractivity contribution in [3.8, 4) is 0 Å². The number of hydrogen-bond donors (Lipinski definition) is 2. The second-order valence-electron chi connectivity index (χ2n) is 4.54. The Balaban J connectivity index is 2.85. The zero-order valence-electron chi connectivity index (χ0n) is 11.4. The second kappa shape index (κ2) is 8.17. The molecule has 1 unspecified atom stereocenters. The number of hydrogen-bond acceptors (Lipinski definition) is 4. The Morgan fingerprint density at radius 1 is 1.48 bits per heavy atom. The first kappa shape index (κ1) is 17.7. The summed E-state index contributed by atoms with van der Waals surface area (Å²) in [4.78, 5) is 22.2. The monoisotopic (exact) mass is 334 g/mol. The minimum absolute atomic E-state index is 0.0431. The van der Waals surface area contributed by atoms with Gasteiger partial charge >= 0.3 is 0 Å². The summed E-state index contributed by atoms with van der Waals surface area (Å²) in [6, 6.07) is 2.38. The van der Waals surface area contributed by atoms with Gasteiger partial charge in [-0.2, -0.15) is 0 Å². The van der Waals surface area contributed by atoms with Crippen LogP contribution in [0.5, 0.6) is 0 Å². The molecule has 6 nitrogen and oxygen atoms in total. The van der Waals surface area contributed by atoms with E-state index in [9.17, 15) is 14.9 Å². The topological polar surface area (TPSA) is 92.5 Å². The van der Waals surface area contributed by atoms with Crippen LogP contribution in [0.1, 0.15) is 30.1 Å². The van der Waals surface area contributed by atoms with Crippen molar-refractivity contribution in [2.45, 2.75) is 19.8 Å². The molecule has 0 fully saturated rings. The average Bonchev–Trinajstić information content (AvgIpc) is 2.45. The first-order valence-electron chi connectivity index (χ1n) is 6.43. The molecular weight excluding hydrogens is 319 g/mol. The van der Waals surface area contributed by atoms with Crippen molar-refractivity contribution in [2.75, 3.05) is 13.2 Å². The van der Waals surface area contributed by atoms with Crippen LogP contribution in [-0.4, -0.2) is 29.1 Å². The highest BCUT2D eigenvalue weighted by Crippen LogP contribution is 2.33. The first-order valence-corrected chi connectivity index (χ1v) is 7.18. The molecule has 0 aromatic heterocycles. The third kappa shape index (κ3) is 4.84. The van der Waals surface area contributed by atoms with E-state index >= 15 is 0 Å². The van der Waals surface area contributed by atoms with Gasteiger partial charge in [-0.1, -0.05) is 36.5 Å². The number of nitrogens with one attached hydrogen (secondary N) is 1. The molecule has 0 aliphatic heterocycles. The Morgan fingerprint density at radius 2 is 2.14 bits per heavy atom. The summed E-state index contributed by atoms with van der Waals surface area (Å²) in [6.07, 6.45) is 1.39. The highest BCUT2D eigenvalue weighted by Gasteiger charge is 2.20. The molecule has 1 aromatic rings. The molecule has 21 heavy (non-hydrogen) atoms. The molecule has 0 heterocycles. The van der Waals surface area contributed by atoms with E-state index in [1.165, 1.54) is 6.07 Å². The van der Waals surface area contributed by atoms with Gasteiger partial charge in [0, 0.05) is 24.8 Å². The Labute approximate surface area is 132 Å². The van der Waals surface area contributed by atoms with Crippen LogP contribution in [0, 0.1) is 16.0 Å². The van der Waals surface area contributed by atoms with E-state index in [4.69, 9.17) is 28.3 Å². The van der Waals surface area contributed by atoms with Gasteiger partial charge in [-0.15, -0.1) is 0 Å². The van der Waals surface area contributed by atoms with Gasteiger partial charge < -0.3 is 10.4 Å². The number of amides is 1. The average molecular weight is 335 g/mol. The van der Waals surface area contributed by atoms with Crippen molar-refractivity contribution in [1.82, 2.24) is 5.32 Å². The van der Waals surface area contributed by atoms with Crippen LogP contribution < -0.4 is 5.32 Å². The van der Waals surface area contributed by atoms with Gasteiger partial charge in [0.15, 0.2) is 0 Å². The number of benzene rings is 1. The molecule has 1 amide bonds. The summed E-state index contributed by atoms with van der Waals surface area (Å²) in [5.41, 5.74) is -0.327. The zero-order chi connectivity index (χ0) is 16.0. The Bertz CT molecular complexity index is 537. The van der Waals surface area contributed by atoms with E-state index in [1.54, 1.807) is 0 Å². The normalized spacial score (nSPS) is 12.0. The van der Waals surface area contributed by atoms with E-state index in [2.05, 4.69) is 5.32 Å². The lowest BCUT2D eigenvalue weighted by Crippen LogP contribution is -2.29. The predicted octanol–water partition coefficient (Wildman–Crippen LogP) is 3.04. The first-order chi connectivity index (χ1) is 9.90. The summed E-state index contributed by atoms with van der Waals surface area (Å²) < 4.78 is 0. The SMILES string of the molecule is CCC(CCO)CNC(=O)c1cc(Cl)c(Cl)c([N+](=O)[O-])c1. The lowest BCUT2D eigenvalue weighted by atomic mass is 10.0. The molecule has 0 bridgehead atoms. The second-order valence-corrected chi connectivity index (χ2v) is 5.33. The molecule has 1 aromatic carbocycles. The molecule has 0 aliphatic rings. The van der Waals surface area contributed by atoms with E-state index in [-0.39, 0.29) is 28.1 Å². The lowest BCUT2D eigenvalue weighted by molar-refractivity contribution is -0.384. The fourth-order valence-corrected chi connectivity index (χ4v) is 2.20. The molecular formula is C13H16Cl2N2O4. The Kier molecular flexibility index (Phi) is 6.87. The number of halogens is 2. The molecule has 0 radical (unpaired) electrons. The van der Waals surface area contributed by atoms with Crippen LogP contribution >= 0.6 is 23.2 Å². The molecule has 0 saturated carbocycles. The summed E-state index contributed by atoms with van der Waals surface area (Å²) in [6.45, 7) is 2.38. The van der Waals surface area contributed by atoms with E-state index in [0.29, 0.717) is 13.0 Å². The van der Waals surface area contributed by atoms with Gasteiger partial charge in [-0.05, 0) is 18.4 Å². The van der Waals surface area contributed by atoms with Gasteiger partial charge in [0.05, 0.1) is 9.95 Å². The number of carbonyl (C=O) groups is 1. The van der Waals surface area contributed by atoms with Gasteiger partial charge in [-0.3, -0.25) is 14.9 Å². The highest BCUT2D eigenvalue weighted by atomic mass is 35.5. The number of nitrogens with zero attached hydrogens (tertiary/aromatic N) is 1. The van der Waals surface area contributed by atoms with Crippen LogP contribution in [0.3, 0.4) is 0 Å². The van der Waals surface area contributed by atoms with E-state index in [0.717, 1.165) is 12.5 Å². The number of aliphatic hydroxyl groups is 1. The number of carbonyl (C=O) groups excluding carboxylic acids is 1. The Hall–Kier alpha value is -1.37. The zero-order valence-corrected chi connectivity index (χ0v) is 12.9. The summed E-state index contributed by atoms with van der Waals surface area (Å²) in [5.74, 6) is -0.315. The summed E-state index contributed by atoms with van der Waals surface area (Å²) >= 11 is 11.5. The van der Waals surface area contributed by atoms with Gasteiger partial charge in [0.25, 0.3) is 11.6 Å². The maximum Gasteiger partial charge on any atom is 0.290 e. The van der Waals surface area contributed by atoms with Crippen LogP contribution in [0.15, 0.2) is 12.1 Å². The third-order valence-corrected chi connectivity index (χ3v) is 3.93. The number of nitro benzene ring substituents is 1. The summed E-state index contributed by atoms with van der Waals surface area (Å²) in [5, 5.41) is 22.2. The number of nitro groups is 1. The van der Waals surface area contributed by atoms with Gasteiger partial charge in [0.2, 0.25) is 0 Å². The van der Waals surface area contributed by atoms with Crippen LogP contribution in [0.25, 0.3) is 0 Å². The predicted molar refractivity (Wildman–Crippen MR) is 80.9 cm³/mol.